The number of unbranched alkanes of at least 4 members (excludes halogenated alkanes) is 1. The molecule has 0 aliphatic rings. The van der Waals surface area contributed by atoms with E-state index in [-0.39, 0.29) is 69.5 Å². The Morgan fingerprint density at radius 3 is 1.88 bits per heavy atom. The maximum absolute atomic E-state index is 12.3. The molecular weight excluding hydrogens is 314 g/mol. The van der Waals surface area contributed by atoms with Gasteiger partial charge in [-0.3, -0.25) is 9.59 Å². The third-order valence-electron chi connectivity index (χ3n) is 4.28. The van der Waals surface area contributed by atoms with Gasteiger partial charge in [0.2, 0.25) is 5.91 Å². The normalized spacial score (nSPS) is 13.5. The molecular formula is C17H33NO6. The second-order valence-corrected chi connectivity index (χ2v) is 6.11. The van der Waals surface area contributed by atoms with Crippen LogP contribution in [0, 0.1) is 11.8 Å². The summed E-state index contributed by atoms with van der Waals surface area (Å²) in [6.45, 7) is 1.99. The van der Waals surface area contributed by atoms with Gasteiger partial charge in [-0.2, -0.15) is 0 Å². The van der Waals surface area contributed by atoms with E-state index in [0.717, 1.165) is 0 Å². The molecule has 0 spiro atoms. The van der Waals surface area contributed by atoms with Crippen LogP contribution in [0.15, 0.2) is 0 Å². The fourth-order valence-corrected chi connectivity index (χ4v) is 2.83. The molecule has 0 aromatic heterocycles. The number of carbonyl (C=O) groups excluding carboxylic acids is 2. The molecule has 4 N–H and O–H groups in total. The Morgan fingerprint density at radius 1 is 0.833 bits per heavy atom. The summed E-state index contributed by atoms with van der Waals surface area (Å²) in [5.41, 5.74) is 0. The topological polar surface area (TPSA) is 118 Å². The molecule has 2 atom stereocenters. The molecule has 24 heavy (non-hydrogen) atoms. The van der Waals surface area contributed by atoms with Gasteiger partial charge in [-0.05, 0) is 31.6 Å². The predicted molar refractivity (Wildman–Crippen MR) is 90.3 cm³/mol. The van der Waals surface area contributed by atoms with Crippen molar-refractivity contribution in [3.8, 4) is 0 Å². The van der Waals surface area contributed by atoms with Gasteiger partial charge < -0.3 is 25.3 Å². The molecule has 0 aliphatic carbocycles. The van der Waals surface area contributed by atoms with Crippen molar-refractivity contribution in [3.05, 3.63) is 0 Å². The van der Waals surface area contributed by atoms with Crippen molar-refractivity contribution >= 4 is 11.7 Å². The molecule has 0 saturated carbocycles. The van der Waals surface area contributed by atoms with Crippen LogP contribution in [0.3, 0.4) is 0 Å². The highest BCUT2D eigenvalue weighted by molar-refractivity contribution is 5.81. The Bertz CT molecular complexity index is 344. The van der Waals surface area contributed by atoms with E-state index in [9.17, 15) is 9.59 Å². The first-order chi connectivity index (χ1) is 11.5. The Labute approximate surface area is 144 Å². The van der Waals surface area contributed by atoms with Crippen molar-refractivity contribution < 1.29 is 30.0 Å². The zero-order chi connectivity index (χ0) is 18.4. The van der Waals surface area contributed by atoms with Crippen LogP contribution < -0.4 is 0 Å². The number of rotatable bonds is 15. The molecule has 7 heteroatoms. The first-order valence-corrected chi connectivity index (χ1v) is 8.75. The highest BCUT2D eigenvalue weighted by Crippen LogP contribution is 2.22. The molecule has 1 amide bonds. The summed E-state index contributed by atoms with van der Waals surface area (Å²) in [7, 11) is 0. The summed E-state index contributed by atoms with van der Waals surface area (Å²) in [5, 5.41) is 35.9. The lowest BCUT2D eigenvalue weighted by Gasteiger charge is -2.22. The van der Waals surface area contributed by atoms with Gasteiger partial charge in [-0.25, -0.2) is 0 Å². The first kappa shape index (κ1) is 23.0. The number of carbonyl (C=O) groups is 2. The van der Waals surface area contributed by atoms with Crippen molar-refractivity contribution in [2.75, 3.05) is 39.5 Å². The second kappa shape index (κ2) is 14.3. The molecule has 0 heterocycles. The van der Waals surface area contributed by atoms with Gasteiger partial charge >= 0.3 is 0 Å². The molecule has 0 aliphatic heterocycles. The van der Waals surface area contributed by atoms with E-state index >= 15 is 0 Å². The molecule has 0 saturated heterocycles. The zero-order valence-corrected chi connectivity index (χ0v) is 14.7. The van der Waals surface area contributed by atoms with Crippen molar-refractivity contribution in [2.45, 2.75) is 45.4 Å². The van der Waals surface area contributed by atoms with Crippen molar-refractivity contribution in [1.82, 2.24) is 4.90 Å². The Kier molecular flexibility index (Phi) is 13.7. The maximum atomic E-state index is 12.3. The van der Waals surface area contributed by atoms with E-state index in [2.05, 4.69) is 0 Å². The van der Waals surface area contributed by atoms with Crippen LogP contribution in [-0.2, 0) is 9.59 Å². The average molecular weight is 347 g/mol. The Morgan fingerprint density at radius 2 is 1.38 bits per heavy atom. The molecule has 0 rings (SSSR count). The summed E-state index contributed by atoms with van der Waals surface area (Å²) >= 11 is 0. The number of aliphatic hydroxyl groups excluding tert-OH is 4. The third kappa shape index (κ3) is 9.32. The van der Waals surface area contributed by atoms with Crippen LogP contribution in [-0.4, -0.2) is 76.5 Å². The quantitative estimate of drug-likeness (QED) is 0.308. The van der Waals surface area contributed by atoms with Gasteiger partial charge in [0.15, 0.2) is 0 Å². The lowest BCUT2D eigenvalue weighted by molar-refractivity contribution is -0.132. The van der Waals surface area contributed by atoms with Gasteiger partial charge in [0, 0.05) is 45.1 Å². The van der Waals surface area contributed by atoms with Crippen molar-refractivity contribution in [1.29, 1.82) is 0 Å². The number of amides is 1. The minimum absolute atomic E-state index is 0.0242. The monoisotopic (exact) mass is 347 g/mol. The van der Waals surface area contributed by atoms with Gasteiger partial charge in [-0.15, -0.1) is 0 Å². The molecule has 0 aromatic carbocycles. The summed E-state index contributed by atoms with van der Waals surface area (Å²) in [4.78, 5) is 25.7. The number of ketones is 1. The van der Waals surface area contributed by atoms with E-state index in [4.69, 9.17) is 20.4 Å². The van der Waals surface area contributed by atoms with Crippen LogP contribution in [0.2, 0.25) is 0 Å². The minimum Gasteiger partial charge on any atom is -0.396 e. The van der Waals surface area contributed by atoms with Gasteiger partial charge in [0.05, 0.1) is 13.2 Å². The van der Waals surface area contributed by atoms with Crippen LogP contribution in [0.5, 0.6) is 0 Å². The molecule has 0 aromatic rings. The van der Waals surface area contributed by atoms with Gasteiger partial charge in [0.25, 0.3) is 0 Å². The SMILES string of the molecule is C[C@H](CCO)C(CCO)C(=O)CCCCC(=O)N(CCO)CCO. The number of hydrogen-bond acceptors (Lipinski definition) is 6. The highest BCUT2D eigenvalue weighted by atomic mass is 16.3. The van der Waals surface area contributed by atoms with Crippen LogP contribution in [0.1, 0.15) is 45.4 Å². The number of nitrogens with zero attached hydrogens (tertiary/aromatic N) is 1. The summed E-state index contributed by atoms with van der Waals surface area (Å²) in [6.07, 6.45) is 2.73. The van der Waals surface area contributed by atoms with E-state index in [1.165, 1.54) is 4.90 Å². The second-order valence-electron chi connectivity index (χ2n) is 6.11. The lowest BCUT2D eigenvalue weighted by atomic mass is 9.83. The van der Waals surface area contributed by atoms with Crippen LogP contribution in [0.4, 0.5) is 0 Å². The number of aliphatic hydroxyl groups is 4. The molecule has 0 bridgehead atoms. The standard InChI is InChI=1S/C17H33NO6/c1-14(6-10-19)15(7-11-20)16(23)4-2-3-5-17(24)18(8-12-21)9-13-22/h14-15,19-22H,2-13H2,1H3/t14-,15?/m1/s1. The summed E-state index contributed by atoms with van der Waals surface area (Å²) in [6, 6.07) is 0. The molecule has 142 valence electrons. The van der Waals surface area contributed by atoms with E-state index in [1.54, 1.807) is 0 Å². The summed E-state index contributed by atoms with van der Waals surface area (Å²) in [5.74, 6) is -0.287. The molecule has 0 radical (unpaired) electrons. The third-order valence-corrected chi connectivity index (χ3v) is 4.28. The largest absolute Gasteiger partial charge is 0.396 e. The van der Waals surface area contributed by atoms with Crippen LogP contribution in [0.25, 0.3) is 0 Å². The Balaban J connectivity index is 4.22. The zero-order valence-electron chi connectivity index (χ0n) is 14.7. The lowest BCUT2D eigenvalue weighted by Crippen LogP contribution is -2.35. The number of Topliss-reactive ketones (excluding diaryl/α,β-unsaturated/α-hetero) is 1. The van der Waals surface area contributed by atoms with Crippen LogP contribution >= 0.6 is 0 Å². The highest BCUT2D eigenvalue weighted by Gasteiger charge is 2.23. The first-order valence-electron chi connectivity index (χ1n) is 8.75. The average Bonchev–Trinajstić information content (AvgIpc) is 2.56. The van der Waals surface area contributed by atoms with Crippen molar-refractivity contribution in [2.24, 2.45) is 11.8 Å². The van der Waals surface area contributed by atoms with Crippen molar-refractivity contribution in [3.63, 3.8) is 0 Å². The van der Waals surface area contributed by atoms with Gasteiger partial charge in [-0.1, -0.05) is 6.92 Å². The van der Waals surface area contributed by atoms with E-state index in [0.29, 0.717) is 32.1 Å². The minimum atomic E-state index is -0.252. The van der Waals surface area contributed by atoms with E-state index in [1.807, 2.05) is 6.92 Å². The Hall–Kier alpha value is -1.02. The fraction of sp³-hybridized carbons (Fsp3) is 0.882. The molecule has 1 unspecified atom stereocenters. The number of hydrogen-bond donors (Lipinski definition) is 4. The molecule has 0 fully saturated rings. The smallest absolute Gasteiger partial charge is 0.222 e. The van der Waals surface area contributed by atoms with E-state index < -0.39 is 0 Å². The summed E-state index contributed by atoms with van der Waals surface area (Å²) < 4.78 is 0. The maximum Gasteiger partial charge on any atom is 0.222 e. The van der Waals surface area contributed by atoms with Gasteiger partial charge in [0.1, 0.15) is 5.78 Å². The molecule has 7 nitrogen and oxygen atoms in total. The predicted octanol–water partition coefficient (Wildman–Crippen LogP) is -0.0538. The fourth-order valence-electron chi connectivity index (χ4n) is 2.83.